The van der Waals surface area contributed by atoms with Crippen LogP contribution < -0.4 is 10.6 Å². The van der Waals surface area contributed by atoms with Crippen LogP contribution in [0.25, 0.3) is 0 Å². The van der Waals surface area contributed by atoms with Crippen LogP contribution in [0.4, 0.5) is 10.1 Å². The number of nitrogens with one attached hydrogen (secondary N) is 2. The summed E-state index contributed by atoms with van der Waals surface area (Å²) in [6, 6.07) is 5.48. The van der Waals surface area contributed by atoms with Crippen molar-refractivity contribution in [1.82, 2.24) is 5.32 Å². The van der Waals surface area contributed by atoms with Crippen molar-refractivity contribution >= 4 is 23.5 Å². The molecule has 118 valence electrons. The van der Waals surface area contributed by atoms with Crippen LogP contribution in [0, 0.1) is 0 Å². The third-order valence-corrected chi connectivity index (χ3v) is 3.60. The number of hydrogen-bond donors (Lipinski definition) is 2. The summed E-state index contributed by atoms with van der Waals surface area (Å²) in [4.78, 5) is 34.7. The van der Waals surface area contributed by atoms with Gasteiger partial charge in [-0.25, -0.2) is 9.18 Å². The van der Waals surface area contributed by atoms with Crippen LogP contribution in [0.3, 0.4) is 0 Å². The Morgan fingerprint density at radius 2 is 2.09 bits per heavy atom. The van der Waals surface area contributed by atoms with E-state index in [9.17, 15) is 14.4 Å². The number of carbonyl (C=O) groups excluding carboxylic acids is 3. The van der Waals surface area contributed by atoms with E-state index in [-0.39, 0.29) is 18.4 Å². The molecule has 2 amide bonds. The SMILES string of the molecule is COC(=O)C(CCC1(F)C(=O)Nc2ccccc21)NC(C)=O. The van der Waals surface area contributed by atoms with Crippen LogP contribution in [0.5, 0.6) is 0 Å². The van der Waals surface area contributed by atoms with Gasteiger partial charge in [0.2, 0.25) is 11.6 Å². The van der Waals surface area contributed by atoms with E-state index in [2.05, 4.69) is 15.4 Å². The molecule has 0 aromatic heterocycles. The van der Waals surface area contributed by atoms with Gasteiger partial charge in [-0.2, -0.15) is 0 Å². The van der Waals surface area contributed by atoms with Gasteiger partial charge in [-0.3, -0.25) is 9.59 Å². The number of halogens is 1. The summed E-state index contributed by atoms with van der Waals surface area (Å²) >= 11 is 0. The second kappa shape index (κ2) is 6.13. The molecule has 0 fully saturated rings. The van der Waals surface area contributed by atoms with Crippen LogP contribution in [0.2, 0.25) is 0 Å². The lowest BCUT2D eigenvalue weighted by molar-refractivity contribution is -0.145. The van der Waals surface area contributed by atoms with E-state index >= 15 is 4.39 Å². The number of rotatable bonds is 5. The van der Waals surface area contributed by atoms with Gasteiger partial charge in [-0.1, -0.05) is 18.2 Å². The van der Waals surface area contributed by atoms with Crippen molar-refractivity contribution in [2.45, 2.75) is 31.5 Å². The predicted molar refractivity (Wildman–Crippen MR) is 76.7 cm³/mol. The fourth-order valence-corrected chi connectivity index (χ4v) is 2.51. The molecule has 0 saturated heterocycles. The lowest BCUT2D eigenvalue weighted by Crippen LogP contribution is -2.42. The molecule has 0 radical (unpaired) electrons. The average Bonchev–Trinajstić information content (AvgIpc) is 2.74. The number of benzene rings is 1. The molecule has 0 saturated carbocycles. The molecule has 1 heterocycles. The molecule has 1 aliphatic heterocycles. The van der Waals surface area contributed by atoms with Crippen molar-refractivity contribution in [1.29, 1.82) is 0 Å². The number of esters is 1. The largest absolute Gasteiger partial charge is 0.467 e. The van der Waals surface area contributed by atoms with Crippen molar-refractivity contribution in [2.75, 3.05) is 12.4 Å². The highest BCUT2D eigenvalue weighted by molar-refractivity contribution is 6.05. The molecule has 0 bridgehead atoms. The van der Waals surface area contributed by atoms with E-state index < -0.39 is 29.5 Å². The summed E-state index contributed by atoms with van der Waals surface area (Å²) in [5.41, 5.74) is -1.56. The summed E-state index contributed by atoms with van der Waals surface area (Å²) in [7, 11) is 1.18. The van der Waals surface area contributed by atoms with Crippen LogP contribution in [-0.4, -0.2) is 30.9 Å². The number of alkyl halides is 1. The Morgan fingerprint density at radius 1 is 1.41 bits per heavy atom. The second-order valence-corrected chi connectivity index (χ2v) is 5.12. The van der Waals surface area contributed by atoms with E-state index in [4.69, 9.17) is 0 Å². The smallest absolute Gasteiger partial charge is 0.328 e. The number of para-hydroxylation sites is 1. The quantitative estimate of drug-likeness (QED) is 0.802. The Morgan fingerprint density at radius 3 is 2.73 bits per heavy atom. The highest BCUT2D eigenvalue weighted by Gasteiger charge is 2.47. The first-order valence-corrected chi connectivity index (χ1v) is 6.83. The zero-order valence-corrected chi connectivity index (χ0v) is 12.3. The summed E-state index contributed by atoms with van der Waals surface area (Å²) in [5.74, 6) is -1.87. The highest BCUT2D eigenvalue weighted by atomic mass is 19.1. The van der Waals surface area contributed by atoms with Gasteiger partial charge in [-0.05, 0) is 18.9 Å². The zero-order valence-electron chi connectivity index (χ0n) is 12.3. The van der Waals surface area contributed by atoms with Gasteiger partial charge < -0.3 is 15.4 Å². The van der Waals surface area contributed by atoms with Crippen molar-refractivity contribution in [3.63, 3.8) is 0 Å². The van der Waals surface area contributed by atoms with E-state index in [1.54, 1.807) is 18.2 Å². The standard InChI is InChI=1S/C15H17FN2O4/c1-9(19)17-12(13(20)22-2)7-8-15(16)10-5-3-4-6-11(10)18-14(15)21/h3-6,12H,7-8H2,1-2H3,(H,17,19)(H,18,21). The normalized spacial score (nSPS) is 20.8. The molecule has 22 heavy (non-hydrogen) atoms. The van der Waals surface area contributed by atoms with Gasteiger partial charge in [0.25, 0.3) is 5.91 Å². The second-order valence-electron chi connectivity index (χ2n) is 5.12. The van der Waals surface area contributed by atoms with Crippen LogP contribution in [-0.2, 0) is 24.8 Å². The highest BCUT2D eigenvalue weighted by Crippen LogP contribution is 2.42. The van der Waals surface area contributed by atoms with Crippen LogP contribution in [0.1, 0.15) is 25.3 Å². The molecule has 6 nitrogen and oxygen atoms in total. The third-order valence-electron chi connectivity index (χ3n) is 3.60. The molecule has 1 aromatic rings. The number of methoxy groups -OCH3 is 1. The van der Waals surface area contributed by atoms with Crippen LogP contribution >= 0.6 is 0 Å². The molecular weight excluding hydrogens is 291 g/mol. The van der Waals surface area contributed by atoms with Gasteiger partial charge in [-0.15, -0.1) is 0 Å². The van der Waals surface area contributed by atoms with Crippen molar-refractivity contribution in [3.8, 4) is 0 Å². The lowest BCUT2D eigenvalue weighted by Gasteiger charge is -2.21. The predicted octanol–water partition coefficient (Wildman–Crippen LogP) is 1.26. The summed E-state index contributed by atoms with van der Waals surface area (Å²) in [5, 5.41) is 4.88. The summed E-state index contributed by atoms with van der Waals surface area (Å²) < 4.78 is 19.7. The van der Waals surface area contributed by atoms with E-state index in [1.165, 1.54) is 20.1 Å². The molecule has 2 N–H and O–H groups in total. The molecule has 1 aromatic carbocycles. The molecule has 2 rings (SSSR count). The molecule has 7 heteroatoms. The molecular formula is C15H17FN2O4. The average molecular weight is 308 g/mol. The minimum atomic E-state index is -2.22. The molecule has 0 spiro atoms. The molecule has 1 aliphatic rings. The lowest BCUT2D eigenvalue weighted by atomic mass is 9.90. The first kappa shape index (κ1) is 15.9. The van der Waals surface area contributed by atoms with E-state index in [0.29, 0.717) is 5.69 Å². The van der Waals surface area contributed by atoms with E-state index in [1.807, 2.05) is 0 Å². The van der Waals surface area contributed by atoms with Gasteiger partial charge >= 0.3 is 5.97 Å². The van der Waals surface area contributed by atoms with Crippen molar-refractivity contribution in [3.05, 3.63) is 29.8 Å². The Hall–Kier alpha value is -2.44. The summed E-state index contributed by atoms with van der Waals surface area (Å²) in [6.07, 6.45) is -0.291. The molecule has 0 aliphatic carbocycles. The Bertz CT molecular complexity index is 619. The monoisotopic (exact) mass is 308 g/mol. The molecule has 2 atom stereocenters. The first-order chi connectivity index (χ1) is 10.4. The van der Waals surface area contributed by atoms with Crippen molar-refractivity contribution in [2.24, 2.45) is 0 Å². The Balaban J connectivity index is 2.16. The fourth-order valence-electron chi connectivity index (χ4n) is 2.51. The zero-order chi connectivity index (χ0) is 16.3. The van der Waals surface area contributed by atoms with Crippen LogP contribution in [0.15, 0.2) is 24.3 Å². The van der Waals surface area contributed by atoms with Gasteiger partial charge in [0.1, 0.15) is 6.04 Å². The summed E-state index contributed by atoms with van der Waals surface area (Å²) in [6.45, 7) is 1.25. The molecule has 2 unspecified atom stereocenters. The number of ether oxygens (including phenoxy) is 1. The van der Waals surface area contributed by atoms with Gasteiger partial charge in [0.05, 0.1) is 7.11 Å². The number of fused-ring (bicyclic) bond motifs is 1. The maximum atomic E-state index is 15.1. The number of amides is 2. The van der Waals surface area contributed by atoms with Gasteiger partial charge in [0.15, 0.2) is 0 Å². The Kier molecular flexibility index (Phi) is 4.44. The minimum absolute atomic E-state index is 0.0511. The van der Waals surface area contributed by atoms with Gasteiger partial charge in [0, 0.05) is 18.2 Å². The number of hydrogen-bond acceptors (Lipinski definition) is 4. The van der Waals surface area contributed by atoms with Crippen molar-refractivity contribution < 1.29 is 23.5 Å². The number of anilines is 1. The number of carbonyl (C=O) groups is 3. The fraction of sp³-hybridized carbons (Fsp3) is 0.400. The van der Waals surface area contributed by atoms with E-state index in [0.717, 1.165) is 0 Å². The topological polar surface area (TPSA) is 84.5 Å². The minimum Gasteiger partial charge on any atom is -0.467 e. The first-order valence-electron chi connectivity index (χ1n) is 6.83. The maximum Gasteiger partial charge on any atom is 0.328 e. The Labute approximate surface area is 127 Å². The maximum absolute atomic E-state index is 15.1. The third kappa shape index (κ3) is 2.93.